The lowest BCUT2D eigenvalue weighted by atomic mass is 9.87. The maximum Gasteiger partial charge on any atom is 0.404 e. The minimum atomic E-state index is -4.55. The van der Waals surface area contributed by atoms with Crippen molar-refractivity contribution in [1.29, 1.82) is 0 Å². The summed E-state index contributed by atoms with van der Waals surface area (Å²) < 4.78 is 72.2. The fourth-order valence-electron chi connectivity index (χ4n) is 2.35. The van der Waals surface area contributed by atoms with Gasteiger partial charge in [0.15, 0.2) is 5.41 Å². The molecule has 2 heterocycles. The van der Waals surface area contributed by atoms with Gasteiger partial charge in [0.25, 0.3) is 0 Å². The van der Waals surface area contributed by atoms with Crippen molar-refractivity contribution in [2.45, 2.75) is 64.3 Å². The van der Waals surface area contributed by atoms with Crippen LogP contribution in [0.5, 0.6) is 0 Å². The molecule has 2 fully saturated rings. The van der Waals surface area contributed by atoms with E-state index in [-0.39, 0.29) is 6.42 Å². The maximum absolute atomic E-state index is 12.2. The molecule has 0 saturated carbocycles. The molecule has 2 saturated heterocycles. The molecule has 0 aliphatic carbocycles. The molecule has 1 N–H and O–H groups in total. The molecule has 0 radical (unpaired) electrons. The van der Waals surface area contributed by atoms with Gasteiger partial charge in [-0.2, -0.15) is 26.3 Å². The Morgan fingerprint density at radius 1 is 1.15 bits per heavy atom. The lowest BCUT2D eigenvalue weighted by Gasteiger charge is -2.27. The molecule has 0 aromatic rings. The Hall–Kier alpha value is -0.910. The van der Waals surface area contributed by atoms with Crippen molar-refractivity contribution in [3.8, 4) is 0 Å². The summed E-state index contributed by atoms with van der Waals surface area (Å²) in [5.74, 6) is -1.24. The van der Waals surface area contributed by atoms with Crippen molar-refractivity contribution >= 4 is 16.3 Å². The van der Waals surface area contributed by atoms with Crippen molar-refractivity contribution in [2.75, 3.05) is 21.3 Å². The van der Waals surface area contributed by atoms with Crippen LogP contribution in [0.4, 0.5) is 13.2 Å². The van der Waals surface area contributed by atoms with Gasteiger partial charge >= 0.3 is 22.4 Å². The van der Waals surface area contributed by atoms with Gasteiger partial charge in [0, 0.05) is 7.05 Å². The lowest BCUT2D eigenvalue weighted by Crippen LogP contribution is -2.42. The zero-order chi connectivity index (χ0) is 20.6. The number of halogens is 3. The number of carbonyl (C=O) groups excluding carboxylic acids is 1. The van der Waals surface area contributed by atoms with Gasteiger partial charge in [0.2, 0.25) is 0 Å². The van der Waals surface area contributed by atoms with Gasteiger partial charge in [0.05, 0.1) is 26.4 Å². The number of ether oxygens (including phenoxy) is 2. The number of esters is 1. The highest BCUT2D eigenvalue weighted by Crippen LogP contribution is 2.41. The number of nitrogens with one attached hydrogen (secondary N) is 1. The first-order chi connectivity index (χ1) is 11.9. The van der Waals surface area contributed by atoms with Crippen molar-refractivity contribution in [1.82, 2.24) is 4.72 Å². The van der Waals surface area contributed by atoms with Crippen molar-refractivity contribution in [3.63, 3.8) is 0 Å². The number of hydrogen-bond acceptors (Lipinski definition) is 6. The number of hydrogen-bond donors (Lipinski definition) is 1. The molecule has 2 aliphatic heterocycles. The highest BCUT2D eigenvalue weighted by atomic mass is 32.2. The summed E-state index contributed by atoms with van der Waals surface area (Å²) in [6.07, 6.45) is 1.83. The van der Waals surface area contributed by atoms with Crippen molar-refractivity contribution in [2.24, 2.45) is 5.41 Å². The van der Waals surface area contributed by atoms with Crippen LogP contribution in [0.3, 0.4) is 0 Å². The van der Waals surface area contributed by atoms with Crippen LogP contribution < -0.4 is 4.72 Å². The fraction of sp³-hybridized carbons (Fsp3) is 0.933. The molecule has 26 heavy (non-hydrogen) atoms. The molecule has 0 aromatic carbocycles. The largest absolute Gasteiger partial charge is 0.468 e. The Bertz CT molecular complexity index is 512. The van der Waals surface area contributed by atoms with E-state index in [1.54, 1.807) is 0 Å². The summed E-state index contributed by atoms with van der Waals surface area (Å²) in [5.41, 5.74) is -2.37. The summed E-state index contributed by atoms with van der Waals surface area (Å²) in [6, 6.07) is 0. The quantitative estimate of drug-likeness (QED) is 0.721. The average Bonchev–Trinajstić information content (AvgIpc) is 3.26. The number of methoxy groups -OCH3 is 1. The minimum absolute atomic E-state index is 0.316. The smallest absolute Gasteiger partial charge is 0.404 e. The second-order valence-corrected chi connectivity index (χ2v) is 7.68. The van der Waals surface area contributed by atoms with Crippen LogP contribution in [0.25, 0.3) is 0 Å². The maximum atomic E-state index is 12.2. The summed E-state index contributed by atoms with van der Waals surface area (Å²) >= 11 is 0. The predicted octanol–water partition coefficient (Wildman–Crippen LogP) is 2.56. The van der Waals surface area contributed by atoms with Gasteiger partial charge in [-0.05, 0) is 39.0 Å². The Morgan fingerprint density at radius 2 is 1.58 bits per heavy atom. The summed E-state index contributed by atoms with van der Waals surface area (Å²) in [4.78, 5) is 10.8. The molecule has 0 spiro atoms. The SMILES string of the molecule is C1CC2CCC1O2.CCC(C)(C(=O)OC)C(F)(F)F.CNS(=O)(=O)OC. The molecule has 1 atom stereocenters. The average molecular weight is 407 g/mol. The van der Waals surface area contributed by atoms with Gasteiger partial charge in [-0.3, -0.25) is 8.98 Å². The summed E-state index contributed by atoms with van der Waals surface area (Å²) in [6.45, 7) is 2.13. The first kappa shape index (κ1) is 25.1. The van der Waals surface area contributed by atoms with Crippen LogP contribution in [-0.2, 0) is 28.8 Å². The van der Waals surface area contributed by atoms with Crippen LogP contribution in [0.1, 0.15) is 46.0 Å². The number of alkyl halides is 3. The monoisotopic (exact) mass is 407 g/mol. The second kappa shape index (κ2) is 10.4. The van der Waals surface area contributed by atoms with Crippen LogP contribution in [0.15, 0.2) is 0 Å². The summed E-state index contributed by atoms with van der Waals surface area (Å²) in [7, 11) is -0.0953. The molecular formula is C15H28F3NO6S. The Labute approximate surface area is 152 Å². The van der Waals surface area contributed by atoms with E-state index in [0.29, 0.717) is 12.2 Å². The third-order valence-corrected chi connectivity index (χ3v) is 5.38. The topological polar surface area (TPSA) is 90.9 Å². The Kier molecular flexibility index (Phi) is 10.1. The first-order valence-corrected chi connectivity index (χ1v) is 9.57. The van der Waals surface area contributed by atoms with Gasteiger partial charge in [-0.1, -0.05) is 6.92 Å². The predicted molar refractivity (Wildman–Crippen MR) is 88.6 cm³/mol. The second-order valence-electron chi connectivity index (χ2n) is 6.03. The van der Waals surface area contributed by atoms with Gasteiger partial charge in [0.1, 0.15) is 0 Å². The van der Waals surface area contributed by atoms with E-state index in [0.717, 1.165) is 21.1 Å². The van der Waals surface area contributed by atoms with Gasteiger partial charge < -0.3 is 9.47 Å². The van der Waals surface area contributed by atoms with Crippen LogP contribution in [-0.4, -0.2) is 54.0 Å². The van der Waals surface area contributed by atoms with Crippen molar-refractivity contribution < 1.29 is 40.0 Å². The molecule has 2 bridgehead atoms. The molecule has 0 aromatic heterocycles. The summed E-state index contributed by atoms with van der Waals surface area (Å²) in [5, 5.41) is 0. The molecule has 156 valence electrons. The van der Waals surface area contributed by atoms with E-state index in [1.165, 1.54) is 39.7 Å². The fourth-order valence-corrected chi connectivity index (χ4v) is 2.51. The zero-order valence-corrected chi connectivity index (χ0v) is 16.5. The Morgan fingerprint density at radius 3 is 1.65 bits per heavy atom. The van der Waals surface area contributed by atoms with E-state index in [4.69, 9.17) is 4.74 Å². The number of fused-ring (bicyclic) bond motifs is 2. The van der Waals surface area contributed by atoms with E-state index in [9.17, 15) is 26.4 Å². The highest BCUT2D eigenvalue weighted by molar-refractivity contribution is 7.84. The molecule has 7 nitrogen and oxygen atoms in total. The van der Waals surface area contributed by atoms with Crippen LogP contribution >= 0.6 is 0 Å². The van der Waals surface area contributed by atoms with E-state index < -0.39 is 27.9 Å². The first-order valence-electron chi connectivity index (χ1n) is 8.16. The molecule has 11 heteroatoms. The molecule has 1 unspecified atom stereocenters. The molecule has 2 rings (SSSR count). The van der Waals surface area contributed by atoms with Crippen LogP contribution in [0.2, 0.25) is 0 Å². The third kappa shape index (κ3) is 7.37. The van der Waals surface area contributed by atoms with Gasteiger partial charge in [-0.15, -0.1) is 0 Å². The molecule has 0 amide bonds. The molecule has 2 aliphatic rings. The Balaban J connectivity index is 0.000000381. The normalized spacial score (nSPS) is 23.8. The lowest BCUT2D eigenvalue weighted by molar-refractivity contribution is -0.229. The number of carbonyl (C=O) groups is 1. The number of rotatable bonds is 4. The van der Waals surface area contributed by atoms with Crippen molar-refractivity contribution in [3.05, 3.63) is 0 Å². The zero-order valence-electron chi connectivity index (χ0n) is 15.7. The van der Waals surface area contributed by atoms with E-state index >= 15 is 0 Å². The third-order valence-electron chi connectivity index (χ3n) is 4.44. The molecular weight excluding hydrogens is 379 g/mol. The minimum Gasteiger partial charge on any atom is -0.468 e. The van der Waals surface area contributed by atoms with E-state index in [2.05, 4.69) is 8.92 Å². The van der Waals surface area contributed by atoms with E-state index in [1.807, 2.05) is 4.72 Å². The van der Waals surface area contributed by atoms with Crippen LogP contribution in [0, 0.1) is 5.41 Å². The standard InChI is InChI=1S/C7H11F3O2.C6H10O.C2H7NO3S/c1-4-6(2,5(11)12-3)7(8,9)10;1-2-6-4-3-5(1)7-6;1-3-7(4,5)6-2/h4H2,1-3H3;5-6H,1-4H2;3H,1-2H3. The van der Waals surface area contributed by atoms with Gasteiger partial charge in [-0.25, -0.2) is 0 Å². The highest BCUT2D eigenvalue weighted by Gasteiger charge is 2.56.